The normalized spacial score (nSPS) is 11.1. The largest absolute Gasteiger partial charge is 0.327 e. The van der Waals surface area contributed by atoms with Crippen molar-refractivity contribution in [1.82, 2.24) is 0 Å². The zero-order valence-electron chi connectivity index (χ0n) is 8.06. The minimum absolute atomic E-state index is 0.169. The summed E-state index contributed by atoms with van der Waals surface area (Å²) in [5, 5.41) is 0. The van der Waals surface area contributed by atoms with E-state index in [9.17, 15) is 4.39 Å². The molecule has 0 radical (unpaired) electrons. The molecule has 0 saturated carbocycles. The van der Waals surface area contributed by atoms with Crippen molar-refractivity contribution in [2.24, 2.45) is 5.73 Å². The summed E-state index contributed by atoms with van der Waals surface area (Å²) in [6, 6.07) is 3.59. The molecule has 1 aromatic carbocycles. The second-order valence-corrected chi connectivity index (χ2v) is 3.82. The maximum absolute atomic E-state index is 13.4. The molecule has 76 valence electrons. The third-order valence-corrected chi connectivity index (χ3v) is 2.53. The molecular formula is C11H13BrFN. The first kappa shape index (κ1) is 11.4. The van der Waals surface area contributed by atoms with Crippen LogP contribution < -0.4 is 5.73 Å². The van der Waals surface area contributed by atoms with Crippen molar-refractivity contribution in [3.05, 3.63) is 39.6 Å². The van der Waals surface area contributed by atoms with Crippen LogP contribution in [0.25, 0.3) is 6.08 Å². The van der Waals surface area contributed by atoms with Crippen molar-refractivity contribution in [1.29, 1.82) is 0 Å². The zero-order chi connectivity index (χ0) is 10.6. The maximum Gasteiger partial charge on any atom is 0.140 e. The molecule has 0 saturated heterocycles. The Labute approximate surface area is 91.9 Å². The molecule has 0 aliphatic carbocycles. The van der Waals surface area contributed by atoms with Gasteiger partial charge in [0.25, 0.3) is 0 Å². The van der Waals surface area contributed by atoms with E-state index < -0.39 is 0 Å². The lowest BCUT2D eigenvalue weighted by Crippen LogP contribution is -1.93. The average molecular weight is 258 g/mol. The van der Waals surface area contributed by atoms with Crippen molar-refractivity contribution < 1.29 is 4.39 Å². The quantitative estimate of drug-likeness (QED) is 0.885. The Balaban J connectivity index is 3.09. The van der Waals surface area contributed by atoms with Crippen molar-refractivity contribution in [2.75, 3.05) is 6.54 Å². The summed E-state index contributed by atoms with van der Waals surface area (Å²) in [4.78, 5) is 0. The minimum Gasteiger partial charge on any atom is -0.327 e. The van der Waals surface area contributed by atoms with E-state index in [1.54, 1.807) is 6.07 Å². The number of hydrogen-bond donors (Lipinski definition) is 1. The van der Waals surface area contributed by atoms with Gasteiger partial charge in [0.2, 0.25) is 0 Å². The van der Waals surface area contributed by atoms with Gasteiger partial charge in [-0.1, -0.05) is 19.1 Å². The van der Waals surface area contributed by atoms with Crippen molar-refractivity contribution in [3.63, 3.8) is 0 Å². The number of halogens is 2. The van der Waals surface area contributed by atoms with Gasteiger partial charge in [0.1, 0.15) is 5.82 Å². The Hall–Kier alpha value is -0.670. The van der Waals surface area contributed by atoms with Gasteiger partial charge in [-0.3, -0.25) is 0 Å². The molecular weight excluding hydrogens is 245 g/mol. The number of nitrogens with two attached hydrogens (primary N) is 1. The van der Waals surface area contributed by atoms with E-state index >= 15 is 0 Å². The molecule has 1 aromatic rings. The second-order valence-electron chi connectivity index (χ2n) is 2.97. The van der Waals surface area contributed by atoms with Gasteiger partial charge < -0.3 is 5.73 Å². The smallest absolute Gasteiger partial charge is 0.140 e. The lowest BCUT2D eigenvalue weighted by atomic mass is 10.1. The predicted molar refractivity (Wildman–Crippen MR) is 61.6 cm³/mol. The summed E-state index contributed by atoms with van der Waals surface area (Å²) in [6.07, 6.45) is 4.43. The topological polar surface area (TPSA) is 26.0 Å². The van der Waals surface area contributed by atoms with Gasteiger partial charge in [0.15, 0.2) is 0 Å². The molecule has 1 nitrogen and oxygen atoms in total. The van der Waals surface area contributed by atoms with Gasteiger partial charge in [-0.15, -0.1) is 0 Å². The third-order valence-electron chi connectivity index (χ3n) is 1.95. The van der Waals surface area contributed by atoms with Crippen LogP contribution in [0.4, 0.5) is 4.39 Å². The monoisotopic (exact) mass is 257 g/mol. The molecule has 0 unspecified atom stereocenters. The average Bonchev–Trinajstić information content (AvgIpc) is 2.19. The Bertz CT molecular complexity index is 347. The Morgan fingerprint density at radius 3 is 2.79 bits per heavy atom. The molecule has 1 rings (SSSR count). The molecule has 0 spiro atoms. The van der Waals surface area contributed by atoms with Crippen molar-refractivity contribution >= 4 is 22.0 Å². The molecule has 0 fully saturated rings. The number of rotatable bonds is 3. The van der Waals surface area contributed by atoms with E-state index in [-0.39, 0.29) is 5.82 Å². The lowest BCUT2D eigenvalue weighted by molar-refractivity contribution is 0.605. The molecule has 14 heavy (non-hydrogen) atoms. The Kier molecular flexibility index (Phi) is 4.29. The highest BCUT2D eigenvalue weighted by atomic mass is 79.9. The van der Waals surface area contributed by atoms with Crippen LogP contribution in [0.5, 0.6) is 0 Å². The van der Waals surface area contributed by atoms with Crippen molar-refractivity contribution in [2.45, 2.75) is 13.3 Å². The van der Waals surface area contributed by atoms with Crippen LogP contribution in [-0.4, -0.2) is 6.54 Å². The molecule has 0 amide bonds. The van der Waals surface area contributed by atoms with E-state index in [0.29, 0.717) is 17.4 Å². The molecule has 0 aliphatic rings. The first-order chi connectivity index (χ1) is 6.69. The summed E-state index contributed by atoms with van der Waals surface area (Å²) in [5.41, 5.74) is 7.03. The van der Waals surface area contributed by atoms with Gasteiger partial charge in [0.05, 0.1) is 4.47 Å². The number of hydrogen-bond acceptors (Lipinski definition) is 1. The van der Waals surface area contributed by atoms with Gasteiger partial charge in [-0.25, -0.2) is 4.39 Å². The van der Waals surface area contributed by atoms with Gasteiger partial charge in [0, 0.05) is 6.54 Å². The molecule has 0 aromatic heterocycles. The van der Waals surface area contributed by atoms with Crippen molar-refractivity contribution in [3.8, 4) is 0 Å². The zero-order valence-corrected chi connectivity index (χ0v) is 9.64. The van der Waals surface area contributed by atoms with Crippen LogP contribution in [0.3, 0.4) is 0 Å². The first-order valence-corrected chi connectivity index (χ1v) is 5.32. The molecule has 0 aliphatic heterocycles. The molecule has 0 atom stereocenters. The summed E-state index contributed by atoms with van der Waals surface area (Å²) in [6.45, 7) is 2.43. The second kappa shape index (κ2) is 5.27. The fraction of sp³-hybridized carbons (Fsp3) is 0.273. The van der Waals surface area contributed by atoms with E-state index in [0.717, 1.165) is 11.1 Å². The summed E-state index contributed by atoms with van der Waals surface area (Å²) in [7, 11) is 0. The lowest BCUT2D eigenvalue weighted by Gasteiger charge is -2.04. The van der Waals surface area contributed by atoms with Crippen LogP contribution in [0.15, 0.2) is 22.7 Å². The predicted octanol–water partition coefficient (Wildman–Crippen LogP) is 3.12. The van der Waals surface area contributed by atoms with E-state index in [1.807, 2.05) is 25.1 Å². The fourth-order valence-corrected chi connectivity index (χ4v) is 1.75. The maximum atomic E-state index is 13.4. The summed E-state index contributed by atoms with van der Waals surface area (Å²) in [5.74, 6) is -0.169. The first-order valence-electron chi connectivity index (χ1n) is 4.53. The highest BCUT2D eigenvalue weighted by Gasteiger charge is 2.05. The van der Waals surface area contributed by atoms with Crippen LogP contribution in [0.2, 0.25) is 0 Å². The third kappa shape index (κ3) is 2.66. The standard InChI is InChI=1S/C11H13BrFN/c1-2-9-6-8(4-3-5-14)7-10(12)11(9)13/h3-4,6-7H,2,5,14H2,1H3/b4-3+. The number of benzene rings is 1. The van der Waals surface area contributed by atoms with Crippen LogP contribution in [-0.2, 0) is 6.42 Å². The fourth-order valence-electron chi connectivity index (χ4n) is 1.23. The van der Waals surface area contributed by atoms with Crippen LogP contribution in [0, 0.1) is 5.82 Å². The van der Waals surface area contributed by atoms with Crippen LogP contribution in [0.1, 0.15) is 18.1 Å². The number of aryl methyl sites for hydroxylation is 1. The minimum atomic E-state index is -0.169. The van der Waals surface area contributed by atoms with Crippen LogP contribution >= 0.6 is 15.9 Å². The summed E-state index contributed by atoms with van der Waals surface area (Å²) >= 11 is 3.19. The SMILES string of the molecule is CCc1cc(/C=C/CN)cc(Br)c1F. The van der Waals surface area contributed by atoms with Gasteiger partial charge in [-0.2, -0.15) is 0 Å². The Morgan fingerprint density at radius 1 is 1.50 bits per heavy atom. The Morgan fingerprint density at radius 2 is 2.21 bits per heavy atom. The molecule has 2 N–H and O–H groups in total. The highest BCUT2D eigenvalue weighted by Crippen LogP contribution is 2.22. The van der Waals surface area contributed by atoms with Gasteiger partial charge >= 0.3 is 0 Å². The molecule has 3 heteroatoms. The summed E-state index contributed by atoms with van der Waals surface area (Å²) < 4.78 is 13.9. The van der Waals surface area contributed by atoms with E-state index in [1.165, 1.54) is 0 Å². The molecule has 0 bridgehead atoms. The van der Waals surface area contributed by atoms with Gasteiger partial charge in [-0.05, 0) is 45.6 Å². The molecule has 0 heterocycles. The van der Waals surface area contributed by atoms with E-state index in [2.05, 4.69) is 15.9 Å². The highest BCUT2D eigenvalue weighted by molar-refractivity contribution is 9.10. The van der Waals surface area contributed by atoms with E-state index in [4.69, 9.17) is 5.73 Å².